The van der Waals surface area contributed by atoms with E-state index in [-0.39, 0.29) is 17.9 Å². The van der Waals surface area contributed by atoms with E-state index in [2.05, 4.69) is 24.8 Å². The first-order valence-corrected chi connectivity index (χ1v) is 15.7. The summed E-state index contributed by atoms with van der Waals surface area (Å²) < 4.78 is 39.5. The first kappa shape index (κ1) is 27.6. The molecule has 0 spiro atoms. The van der Waals surface area contributed by atoms with Gasteiger partial charge >= 0.3 is 0 Å². The number of amides is 1. The van der Waals surface area contributed by atoms with Crippen LogP contribution in [-0.2, 0) is 19.6 Å². The SMILES string of the molecule is O=C1CCOC2CCN(CC2)c2cc(NS(=O)(=O)CCO)ccc2-c2nnc(o2)-c2ccnc(c2)C2CCCN1C2. The number of carbonyl (C=O) groups excluding carboxylic acids is 1. The lowest BCUT2D eigenvalue weighted by Crippen LogP contribution is -2.40. The van der Waals surface area contributed by atoms with Crippen LogP contribution in [0.3, 0.4) is 0 Å². The molecule has 1 unspecified atom stereocenters. The Morgan fingerprint density at radius 2 is 1.85 bits per heavy atom. The van der Waals surface area contributed by atoms with Gasteiger partial charge in [-0.25, -0.2) is 8.42 Å². The summed E-state index contributed by atoms with van der Waals surface area (Å²) in [5.74, 6) is 0.512. The third-order valence-corrected chi connectivity index (χ3v) is 9.23. The fourth-order valence-electron chi connectivity index (χ4n) is 5.82. The highest BCUT2D eigenvalue weighted by molar-refractivity contribution is 7.92. The number of fused-ring (bicyclic) bond motifs is 5. The maximum atomic E-state index is 13.0. The van der Waals surface area contributed by atoms with Gasteiger partial charge < -0.3 is 24.1 Å². The van der Waals surface area contributed by atoms with E-state index in [0.717, 1.165) is 49.2 Å². The molecule has 2 fully saturated rings. The summed E-state index contributed by atoms with van der Waals surface area (Å²) >= 11 is 0. The lowest BCUT2D eigenvalue weighted by Gasteiger charge is -2.35. The molecular weight excluding hydrogens is 548 g/mol. The Hall–Kier alpha value is -3.55. The predicted octanol–water partition coefficient (Wildman–Crippen LogP) is 2.63. The van der Waals surface area contributed by atoms with E-state index in [9.17, 15) is 13.2 Å². The number of aromatic nitrogens is 3. The number of nitrogens with zero attached hydrogens (tertiary/aromatic N) is 5. The van der Waals surface area contributed by atoms with E-state index in [1.165, 1.54) is 0 Å². The summed E-state index contributed by atoms with van der Waals surface area (Å²) in [6.07, 6.45) is 5.49. The van der Waals surface area contributed by atoms with Crippen LogP contribution >= 0.6 is 0 Å². The third kappa shape index (κ3) is 6.21. The molecule has 1 atom stereocenters. The molecule has 8 bridgehead atoms. The number of aliphatic hydroxyl groups is 1. The molecule has 7 rings (SSSR count). The zero-order valence-electron chi connectivity index (χ0n) is 22.7. The molecule has 1 amide bonds. The van der Waals surface area contributed by atoms with Gasteiger partial charge in [0.1, 0.15) is 0 Å². The van der Waals surface area contributed by atoms with E-state index in [0.29, 0.717) is 55.7 Å². The van der Waals surface area contributed by atoms with Gasteiger partial charge in [0.25, 0.3) is 0 Å². The molecule has 2 aromatic heterocycles. The van der Waals surface area contributed by atoms with Crippen molar-refractivity contribution in [1.82, 2.24) is 20.1 Å². The van der Waals surface area contributed by atoms with Crippen LogP contribution < -0.4 is 9.62 Å². The molecule has 4 aliphatic heterocycles. The lowest BCUT2D eigenvalue weighted by molar-refractivity contribution is -0.134. The fourth-order valence-corrected chi connectivity index (χ4v) is 6.65. The topological polar surface area (TPSA) is 151 Å². The van der Waals surface area contributed by atoms with Crippen molar-refractivity contribution < 1.29 is 27.5 Å². The Morgan fingerprint density at radius 3 is 2.68 bits per heavy atom. The van der Waals surface area contributed by atoms with Crippen molar-refractivity contribution in [3.8, 4) is 22.9 Å². The van der Waals surface area contributed by atoms with Crippen LogP contribution in [0.1, 0.15) is 43.7 Å². The molecule has 1 aromatic carbocycles. The highest BCUT2D eigenvalue weighted by Crippen LogP contribution is 2.37. The fraction of sp³-hybridized carbons (Fsp3) is 0.500. The second-order valence-corrected chi connectivity index (χ2v) is 12.6. The summed E-state index contributed by atoms with van der Waals surface area (Å²) in [5.41, 5.74) is 3.46. The van der Waals surface area contributed by atoms with Gasteiger partial charge in [-0.05, 0) is 56.0 Å². The molecule has 12 nitrogen and oxygen atoms in total. The van der Waals surface area contributed by atoms with Gasteiger partial charge in [0.05, 0.1) is 48.4 Å². The van der Waals surface area contributed by atoms with Crippen molar-refractivity contribution in [3.63, 3.8) is 0 Å². The maximum absolute atomic E-state index is 13.0. The number of aliphatic hydroxyl groups excluding tert-OH is 1. The van der Waals surface area contributed by atoms with Gasteiger partial charge in [0, 0.05) is 49.6 Å². The first-order valence-electron chi connectivity index (χ1n) is 14.1. The van der Waals surface area contributed by atoms with Crippen LogP contribution in [-0.4, -0.2) is 90.8 Å². The van der Waals surface area contributed by atoms with E-state index >= 15 is 0 Å². The molecule has 4 aliphatic rings. The average molecular weight is 583 g/mol. The minimum atomic E-state index is -3.70. The second-order valence-electron chi connectivity index (χ2n) is 10.7. The summed E-state index contributed by atoms with van der Waals surface area (Å²) in [7, 11) is -3.70. The van der Waals surface area contributed by atoms with Crippen LogP contribution in [0.25, 0.3) is 22.9 Å². The number of nitrogens with one attached hydrogen (secondary N) is 1. The smallest absolute Gasteiger partial charge is 0.250 e. The zero-order chi connectivity index (χ0) is 28.4. The molecule has 3 aromatic rings. The lowest BCUT2D eigenvalue weighted by atomic mass is 9.93. The van der Waals surface area contributed by atoms with E-state index in [4.69, 9.17) is 14.3 Å². The van der Waals surface area contributed by atoms with Crippen LogP contribution in [0.2, 0.25) is 0 Å². The van der Waals surface area contributed by atoms with Gasteiger partial charge in [-0.1, -0.05) is 0 Å². The minimum absolute atomic E-state index is 0.0330. The third-order valence-electron chi connectivity index (χ3n) is 7.96. The van der Waals surface area contributed by atoms with Crippen molar-refractivity contribution in [1.29, 1.82) is 0 Å². The number of anilines is 2. The van der Waals surface area contributed by atoms with Crippen LogP contribution in [0.4, 0.5) is 11.4 Å². The predicted molar refractivity (Wildman–Crippen MR) is 152 cm³/mol. The second kappa shape index (κ2) is 11.7. The molecule has 0 radical (unpaired) electrons. The molecule has 41 heavy (non-hydrogen) atoms. The van der Waals surface area contributed by atoms with Crippen molar-refractivity contribution in [2.24, 2.45) is 0 Å². The van der Waals surface area contributed by atoms with Crippen molar-refractivity contribution >= 4 is 27.3 Å². The summed E-state index contributed by atoms with van der Waals surface area (Å²) in [5, 5.41) is 17.8. The monoisotopic (exact) mass is 582 g/mol. The normalized spacial score (nSPS) is 21.5. The first-order chi connectivity index (χ1) is 19.9. The number of sulfonamides is 1. The van der Waals surface area contributed by atoms with Gasteiger partial charge in [-0.3, -0.25) is 14.5 Å². The van der Waals surface area contributed by atoms with Crippen molar-refractivity contribution in [2.45, 2.75) is 44.1 Å². The number of hydrogen-bond acceptors (Lipinski definition) is 10. The zero-order valence-corrected chi connectivity index (χ0v) is 23.6. The largest absolute Gasteiger partial charge is 0.416 e. The highest BCUT2D eigenvalue weighted by Gasteiger charge is 2.28. The standard InChI is InChI=1S/C28H34N6O6S/c35-13-15-41(37,38)32-21-3-4-23-25(17-21)33-11-6-22(7-12-33)39-14-8-26(36)34-10-1-2-20(18-34)24-16-19(5-9-29-24)27-30-31-28(23)40-27/h3-5,9,16-17,20,22,32,35H,1-2,6-8,10-15,18H2. The minimum Gasteiger partial charge on any atom is -0.416 e. The molecule has 6 heterocycles. The Labute approximate surface area is 238 Å². The van der Waals surface area contributed by atoms with Crippen LogP contribution in [0, 0.1) is 0 Å². The van der Waals surface area contributed by atoms with Gasteiger partial charge in [0.15, 0.2) is 0 Å². The molecule has 0 aliphatic carbocycles. The van der Waals surface area contributed by atoms with Crippen molar-refractivity contribution in [2.75, 3.05) is 54.8 Å². The number of ether oxygens (including phenoxy) is 1. The number of piperidine rings is 2. The van der Waals surface area contributed by atoms with E-state index < -0.39 is 22.4 Å². The Kier molecular flexibility index (Phi) is 7.91. The Bertz CT molecular complexity index is 1500. The Morgan fingerprint density at radius 1 is 1.02 bits per heavy atom. The van der Waals surface area contributed by atoms with Crippen LogP contribution in [0.15, 0.2) is 40.9 Å². The molecule has 0 saturated carbocycles. The number of pyridine rings is 1. The summed E-state index contributed by atoms with van der Waals surface area (Å²) in [4.78, 5) is 21.7. The molecule has 2 N–H and O–H groups in total. The van der Waals surface area contributed by atoms with Crippen molar-refractivity contribution in [3.05, 3.63) is 42.2 Å². The molecular formula is C28H34N6O6S. The number of hydrogen-bond donors (Lipinski definition) is 2. The molecule has 13 heteroatoms. The highest BCUT2D eigenvalue weighted by atomic mass is 32.2. The quantitative estimate of drug-likeness (QED) is 0.470. The van der Waals surface area contributed by atoms with Gasteiger partial charge in [-0.2, -0.15) is 0 Å². The summed E-state index contributed by atoms with van der Waals surface area (Å²) in [6, 6.07) is 8.97. The van der Waals surface area contributed by atoms with Gasteiger partial charge in [0.2, 0.25) is 27.7 Å². The Balaban J connectivity index is 1.37. The van der Waals surface area contributed by atoms with E-state index in [1.54, 1.807) is 24.4 Å². The number of carbonyl (C=O) groups is 1. The number of rotatable bonds is 4. The van der Waals surface area contributed by atoms with Gasteiger partial charge in [-0.15, -0.1) is 10.2 Å². The summed E-state index contributed by atoms with van der Waals surface area (Å²) in [6.45, 7) is 2.62. The van der Waals surface area contributed by atoms with Crippen LogP contribution in [0.5, 0.6) is 0 Å². The molecule has 218 valence electrons. The number of benzene rings is 1. The molecule has 2 saturated heterocycles. The van der Waals surface area contributed by atoms with E-state index in [1.807, 2.05) is 17.0 Å². The maximum Gasteiger partial charge on any atom is 0.250 e. The average Bonchev–Trinajstić information content (AvgIpc) is 3.47.